The molecule has 88 valence electrons. The quantitative estimate of drug-likeness (QED) is 0.946. The lowest BCUT2D eigenvalue weighted by molar-refractivity contribution is 0.0946. The fraction of sp³-hybridized carbons (Fsp3) is 0.167. The van der Waals surface area contributed by atoms with E-state index in [2.05, 4.69) is 26.2 Å². The molecule has 1 heterocycles. The summed E-state index contributed by atoms with van der Waals surface area (Å²) in [5.41, 5.74) is 1.54. The molecule has 17 heavy (non-hydrogen) atoms. The summed E-state index contributed by atoms with van der Waals surface area (Å²) in [6.07, 6.45) is 0. The van der Waals surface area contributed by atoms with Crippen LogP contribution in [-0.4, -0.2) is 10.9 Å². The summed E-state index contributed by atoms with van der Waals surface area (Å²) in [5.74, 6) is -0.130. The van der Waals surface area contributed by atoms with Crippen molar-refractivity contribution in [3.8, 4) is 0 Å². The highest BCUT2D eigenvalue weighted by Gasteiger charge is 2.08. The van der Waals surface area contributed by atoms with Crippen LogP contribution in [0.25, 0.3) is 0 Å². The second-order valence-corrected chi connectivity index (χ2v) is 5.54. The second-order valence-electron chi connectivity index (χ2n) is 3.56. The van der Waals surface area contributed by atoms with E-state index in [1.54, 1.807) is 5.38 Å². The maximum Gasteiger partial charge on any atom is 0.271 e. The third-order valence-electron chi connectivity index (χ3n) is 2.19. The second kappa shape index (κ2) is 5.42. The molecule has 3 nitrogen and oxygen atoms in total. The van der Waals surface area contributed by atoms with Gasteiger partial charge in [0.05, 0.1) is 5.01 Å². The fourth-order valence-electron chi connectivity index (χ4n) is 1.39. The van der Waals surface area contributed by atoms with Crippen LogP contribution in [-0.2, 0) is 6.54 Å². The lowest BCUT2D eigenvalue weighted by Crippen LogP contribution is -2.23. The van der Waals surface area contributed by atoms with Crippen LogP contribution in [0.2, 0.25) is 0 Å². The highest BCUT2D eigenvalue weighted by atomic mass is 79.9. The van der Waals surface area contributed by atoms with Crippen molar-refractivity contribution in [2.75, 3.05) is 0 Å². The number of halogens is 1. The van der Waals surface area contributed by atoms with E-state index in [0.717, 1.165) is 15.0 Å². The standard InChI is InChI=1S/C12H11BrN2OS/c1-8-15-11(7-17-8)12(16)14-6-9-3-2-4-10(13)5-9/h2-5,7H,6H2,1H3,(H,14,16). The van der Waals surface area contributed by atoms with Crippen molar-refractivity contribution >= 4 is 33.2 Å². The Morgan fingerprint density at radius 2 is 2.35 bits per heavy atom. The van der Waals surface area contributed by atoms with Gasteiger partial charge in [0, 0.05) is 16.4 Å². The molecule has 0 unspecified atom stereocenters. The molecule has 0 aliphatic heterocycles. The summed E-state index contributed by atoms with van der Waals surface area (Å²) in [5, 5.41) is 5.51. The normalized spacial score (nSPS) is 10.2. The number of hydrogen-bond acceptors (Lipinski definition) is 3. The Hall–Kier alpha value is -1.20. The van der Waals surface area contributed by atoms with Crippen LogP contribution in [0.4, 0.5) is 0 Å². The van der Waals surface area contributed by atoms with Crippen molar-refractivity contribution in [1.29, 1.82) is 0 Å². The van der Waals surface area contributed by atoms with Crippen LogP contribution in [0, 0.1) is 6.92 Å². The van der Waals surface area contributed by atoms with Gasteiger partial charge in [0.2, 0.25) is 0 Å². The molecule has 0 fully saturated rings. The number of amides is 1. The molecule has 5 heteroatoms. The van der Waals surface area contributed by atoms with Gasteiger partial charge >= 0.3 is 0 Å². The van der Waals surface area contributed by atoms with Crippen LogP contribution in [0.1, 0.15) is 21.1 Å². The van der Waals surface area contributed by atoms with Crippen LogP contribution in [0.5, 0.6) is 0 Å². The Kier molecular flexibility index (Phi) is 3.91. The number of benzene rings is 1. The van der Waals surface area contributed by atoms with E-state index in [0.29, 0.717) is 12.2 Å². The van der Waals surface area contributed by atoms with Crippen LogP contribution in [0.15, 0.2) is 34.1 Å². The molecule has 0 saturated heterocycles. The molecule has 0 bridgehead atoms. The number of hydrogen-bond donors (Lipinski definition) is 1. The molecule has 2 rings (SSSR count). The summed E-state index contributed by atoms with van der Waals surface area (Å²) < 4.78 is 1.01. The number of aryl methyl sites for hydroxylation is 1. The van der Waals surface area contributed by atoms with E-state index in [1.165, 1.54) is 11.3 Å². The van der Waals surface area contributed by atoms with Gasteiger partial charge in [-0.1, -0.05) is 28.1 Å². The lowest BCUT2D eigenvalue weighted by Gasteiger charge is -2.03. The minimum atomic E-state index is -0.130. The Bertz CT molecular complexity index is 539. The van der Waals surface area contributed by atoms with Gasteiger partial charge in [-0.15, -0.1) is 11.3 Å². The summed E-state index contributed by atoms with van der Waals surface area (Å²) >= 11 is 4.87. The summed E-state index contributed by atoms with van der Waals surface area (Å²) in [4.78, 5) is 15.9. The van der Waals surface area contributed by atoms with Crippen molar-refractivity contribution in [2.24, 2.45) is 0 Å². The molecule has 0 aliphatic rings. The van der Waals surface area contributed by atoms with Gasteiger partial charge in [0.15, 0.2) is 0 Å². The van der Waals surface area contributed by atoms with E-state index < -0.39 is 0 Å². The predicted octanol–water partition coefficient (Wildman–Crippen LogP) is 3.14. The van der Waals surface area contributed by atoms with E-state index >= 15 is 0 Å². The molecule has 0 radical (unpaired) electrons. The zero-order chi connectivity index (χ0) is 12.3. The Morgan fingerprint density at radius 1 is 1.53 bits per heavy atom. The number of aromatic nitrogens is 1. The van der Waals surface area contributed by atoms with Gasteiger partial charge in [0.25, 0.3) is 5.91 Å². The van der Waals surface area contributed by atoms with Crippen LogP contribution in [0.3, 0.4) is 0 Å². The molecule has 2 aromatic rings. The first-order valence-corrected chi connectivity index (χ1v) is 6.77. The lowest BCUT2D eigenvalue weighted by atomic mass is 10.2. The summed E-state index contributed by atoms with van der Waals surface area (Å²) in [6.45, 7) is 2.39. The molecular formula is C12H11BrN2OS. The van der Waals surface area contributed by atoms with Gasteiger partial charge in [-0.05, 0) is 24.6 Å². The monoisotopic (exact) mass is 310 g/mol. The molecule has 0 aliphatic carbocycles. The van der Waals surface area contributed by atoms with Gasteiger partial charge in [-0.25, -0.2) is 4.98 Å². The van der Waals surface area contributed by atoms with E-state index in [4.69, 9.17) is 0 Å². The van der Waals surface area contributed by atoms with Gasteiger partial charge in [-0.2, -0.15) is 0 Å². The SMILES string of the molecule is Cc1nc(C(=O)NCc2cccc(Br)c2)cs1. The molecular weight excluding hydrogens is 300 g/mol. The van der Waals surface area contributed by atoms with Gasteiger partial charge < -0.3 is 5.32 Å². The maximum atomic E-state index is 11.7. The summed E-state index contributed by atoms with van der Waals surface area (Å²) in [7, 11) is 0. The minimum absolute atomic E-state index is 0.130. The number of nitrogens with zero attached hydrogens (tertiary/aromatic N) is 1. The Labute approximate surface area is 112 Å². The fourth-order valence-corrected chi connectivity index (χ4v) is 2.43. The summed E-state index contributed by atoms with van der Waals surface area (Å²) in [6, 6.07) is 7.84. The largest absolute Gasteiger partial charge is 0.347 e. The third kappa shape index (κ3) is 3.38. The number of carbonyl (C=O) groups excluding carboxylic acids is 1. The van der Waals surface area contributed by atoms with E-state index in [9.17, 15) is 4.79 Å². The number of rotatable bonds is 3. The zero-order valence-electron chi connectivity index (χ0n) is 9.24. The number of nitrogens with one attached hydrogen (secondary N) is 1. The minimum Gasteiger partial charge on any atom is -0.347 e. The molecule has 1 amide bonds. The number of thiazole rings is 1. The molecule has 0 spiro atoms. The van der Waals surface area contributed by atoms with Crippen molar-refractivity contribution in [1.82, 2.24) is 10.3 Å². The van der Waals surface area contributed by atoms with Gasteiger partial charge in [0.1, 0.15) is 5.69 Å². The van der Waals surface area contributed by atoms with Crippen molar-refractivity contribution in [3.63, 3.8) is 0 Å². The van der Waals surface area contributed by atoms with Gasteiger partial charge in [-0.3, -0.25) is 4.79 Å². The zero-order valence-corrected chi connectivity index (χ0v) is 11.6. The van der Waals surface area contributed by atoms with Crippen molar-refractivity contribution < 1.29 is 4.79 Å². The van der Waals surface area contributed by atoms with Crippen LogP contribution >= 0.6 is 27.3 Å². The average Bonchev–Trinajstić information content (AvgIpc) is 2.73. The first-order valence-electron chi connectivity index (χ1n) is 5.10. The molecule has 1 aromatic heterocycles. The first-order chi connectivity index (χ1) is 8.15. The topological polar surface area (TPSA) is 42.0 Å². The number of carbonyl (C=O) groups is 1. The predicted molar refractivity (Wildman–Crippen MR) is 72.2 cm³/mol. The highest BCUT2D eigenvalue weighted by Crippen LogP contribution is 2.12. The van der Waals surface area contributed by atoms with Crippen LogP contribution < -0.4 is 5.32 Å². The Morgan fingerprint density at radius 3 is 3.00 bits per heavy atom. The molecule has 1 N–H and O–H groups in total. The van der Waals surface area contributed by atoms with Crippen molar-refractivity contribution in [3.05, 3.63) is 50.4 Å². The Balaban J connectivity index is 1.97. The van der Waals surface area contributed by atoms with E-state index in [-0.39, 0.29) is 5.91 Å². The average molecular weight is 311 g/mol. The highest BCUT2D eigenvalue weighted by molar-refractivity contribution is 9.10. The first kappa shape index (κ1) is 12.3. The third-order valence-corrected chi connectivity index (χ3v) is 3.46. The van der Waals surface area contributed by atoms with Crippen molar-refractivity contribution in [2.45, 2.75) is 13.5 Å². The molecule has 0 saturated carbocycles. The smallest absolute Gasteiger partial charge is 0.271 e. The molecule has 1 aromatic carbocycles. The van der Waals surface area contributed by atoms with E-state index in [1.807, 2.05) is 31.2 Å². The molecule has 0 atom stereocenters. The maximum absolute atomic E-state index is 11.7.